The molecule has 4 heteroatoms. The molecule has 2 rings (SSSR count). The minimum Gasteiger partial charge on any atom is -0.496 e. The standard InChI is InChI=1S/C13H17N3O/c1-10-3-4-13(17-2)11(7-10)9-16-12(8-14)5-6-15-16/h3-7H,8-9,14H2,1-2H3. The number of benzene rings is 1. The van der Waals surface area contributed by atoms with Gasteiger partial charge in [-0.1, -0.05) is 17.7 Å². The lowest BCUT2D eigenvalue weighted by atomic mass is 10.1. The maximum absolute atomic E-state index is 5.66. The molecule has 1 aromatic carbocycles. The molecule has 0 bridgehead atoms. The second-order valence-electron chi connectivity index (χ2n) is 4.00. The van der Waals surface area contributed by atoms with E-state index in [0.717, 1.165) is 17.0 Å². The highest BCUT2D eigenvalue weighted by Crippen LogP contribution is 2.20. The van der Waals surface area contributed by atoms with Crippen LogP contribution in [0.15, 0.2) is 30.5 Å². The highest BCUT2D eigenvalue weighted by atomic mass is 16.5. The Morgan fingerprint density at radius 2 is 2.18 bits per heavy atom. The van der Waals surface area contributed by atoms with Gasteiger partial charge in [-0.15, -0.1) is 0 Å². The Balaban J connectivity index is 2.32. The van der Waals surface area contributed by atoms with Crippen LogP contribution < -0.4 is 10.5 Å². The summed E-state index contributed by atoms with van der Waals surface area (Å²) in [5, 5.41) is 4.27. The Morgan fingerprint density at radius 3 is 2.88 bits per heavy atom. The molecule has 0 unspecified atom stereocenters. The molecule has 4 nitrogen and oxygen atoms in total. The van der Waals surface area contributed by atoms with Crippen molar-refractivity contribution in [1.82, 2.24) is 9.78 Å². The monoisotopic (exact) mass is 231 g/mol. The molecule has 0 fully saturated rings. The van der Waals surface area contributed by atoms with Crippen LogP contribution in [-0.4, -0.2) is 16.9 Å². The number of ether oxygens (including phenoxy) is 1. The first kappa shape index (κ1) is 11.7. The molecular formula is C13H17N3O. The quantitative estimate of drug-likeness (QED) is 0.871. The Morgan fingerprint density at radius 1 is 1.35 bits per heavy atom. The maximum Gasteiger partial charge on any atom is 0.123 e. The average molecular weight is 231 g/mol. The van der Waals surface area contributed by atoms with Crippen LogP contribution in [0.4, 0.5) is 0 Å². The normalized spacial score (nSPS) is 10.5. The van der Waals surface area contributed by atoms with Crippen molar-refractivity contribution < 1.29 is 4.74 Å². The Bertz CT molecular complexity index is 505. The average Bonchev–Trinajstić information content (AvgIpc) is 2.77. The molecule has 0 atom stereocenters. The summed E-state index contributed by atoms with van der Waals surface area (Å²) in [5.74, 6) is 0.883. The van der Waals surface area contributed by atoms with Gasteiger partial charge in [0.1, 0.15) is 5.75 Å². The lowest BCUT2D eigenvalue weighted by Crippen LogP contribution is -2.10. The van der Waals surface area contributed by atoms with E-state index in [4.69, 9.17) is 10.5 Å². The van der Waals surface area contributed by atoms with Crippen LogP contribution in [0.1, 0.15) is 16.8 Å². The second-order valence-corrected chi connectivity index (χ2v) is 4.00. The number of methoxy groups -OCH3 is 1. The number of aromatic nitrogens is 2. The number of hydrogen-bond donors (Lipinski definition) is 1. The first-order valence-corrected chi connectivity index (χ1v) is 5.59. The van der Waals surface area contributed by atoms with E-state index in [9.17, 15) is 0 Å². The summed E-state index contributed by atoms with van der Waals surface area (Å²) in [7, 11) is 1.68. The van der Waals surface area contributed by atoms with E-state index in [1.165, 1.54) is 5.56 Å². The topological polar surface area (TPSA) is 53.1 Å². The highest BCUT2D eigenvalue weighted by molar-refractivity contribution is 5.37. The van der Waals surface area contributed by atoms with E-state index in [-0.39, 0.29) is 0 Å². The zero-order chi connectivity index (χ0) is 12.3. The fourth-order valence-corrected chi connectivity index (χ4v) is 1.87. The first-order valence-electron chi connectivity index (χ1n) is 5.59. The van der Waals surface area contributed by atoms with Crippen LogP contribution in [0.25, 0.3) is 0 Å². The molecule has 2 aromatic rings. The number of nitrogens with zero attached hydrogens (tertiary/aromatic N) is 2. The minimum atomic E-state index is 0.494. The molecule has 0 spiro atoms. The van der Waals surface area contributed by atoms with Crippen molar-refractivity contribution in [2.24, 2.45) is 5.73 Å². The van der Waals surface area contributed by atoms with Gasteiger partial charge in [-0.25, -0.2) is 0 Å². The molecule has 1 aromatic heterocycles. The van der Waals surface area contributed by atoms with Crippen LogP contribution in [0.2, 0.25) is 0 Å². The summed E-state index contributed by atoms with van der Waals surface area (Å²) in [6.07, 6.45) is 1.77. The summed E-state index contributed by atoms with van der Waals surface area (Å²) in [5.41, 5.74) is 9.01. The molecule has 0 radical (unpaired) electrons. The van der Waals surface area contributed by atoms with Gasteiger partial charge < -0.3 is 10.5 Å². The predicted octanol–water partition coefficient (Wildman–Crippen LogP) is 1.71. The molecule has 1 heterocycles. The van der Waals surface area contributed by atoms with Gasteiger partial charge in [0.2, 0.25) is 0 Å². The zero-order valence-electron chi connectivity index (χ0n) is 10.2. The number of rotatable bonds is 4. The van der Waals surface area contributed by atoms with Gasteiger partial charge >= 0.3 is 0 Å². The number of aryl methyl sites for hydroxylation is 1. The van der Waals surface area contributed by atoms with E-state index in [1.807, 2.05) is 22.9 Å². The van der Waals surface area contributed by atoms with Crippen LogP contribution in [0.3, 0.4) is 0 Å². The SMILES string of the molecule is COc1ccc(C)cc1Cn1nccc1CN. The number of nitrogens with two attached hydrogens (primary N) is 1. The van der Waals surface area contributed by atoms with Crippen molar-refractivity contribution in [2.45, 2.75) is 20.0 Å². The van der Waals surface area contributed by atoms with Gasteiger partial charge in [0.05, 0.1) is 19.3 Å². The van der Waals surface area contributed by atoms with Gasteiger partial charge in [0.15, 0.2) is 0 Å². The zero-order valence-corrected chi connectivity index (χ0v) is 10.2. The van der Waals surface area contributed by atoms with Gasteiger partial charge in [0, 0.05) is 18.3 Å². The lowest BCUT2D eigenvalue weighted by Gasteiger charge is -2.11. The predicted molar refractivity (Wildman–Crippen MR) is 67.0 cm³/mol. The summed E-state index contributed by atoms with van der Waals surface area (Å²) in [4.78, 5) is 0. The molecule has 90 valence electrons. The van der Waals surface area contributed by atoms with E-state index in [0.29, 0.717) is 13.1 Å². The van der Waals surface area contributed by atoms with Crippen LogP contribution >= 0.6 is 0 Å². The van der Waals surface area contributed by atoms with Gasteiger partial charge in [-0.2, -0.15) is 5.10 Å². The summed E-state index contributed by atoms with van der Waals surface area (Å²) >= 11 is 0. The van der Waals surface area contributed by atoms with Crippen molar-refractivity contribution in [1.29, 1.82) is 0 Å². The maximum atomic E-state index is 5.66. The summed E-state index contributed by atoms with van der Waals surface area (Å²) < 4.78 is 7.25. The summed E-state index contributed by atoms with van der Waals surface area (Å²) in [6.45, 7) is 3.24. The molecule has 0 amide bonds. The summed E-state index contributed by atoms with van der Waals surface area (Å²) in [6, 6.07) is 8.06. The Kier molecular flexibility index (Phi) is 3.44. The van der Waals surface area contributed by atoms with Crippen molar-refractivity contribution >= 4 is 0 Å². The molecule has 17 heavy (non-hydrogen) atoms. The fraction of sp³-hybridized carbons (Fsp3) is 0.308. The molecule has 0 saturated heterocycles. The third-order valence-electron chi connectivity index (χ3n) is 2.77. The minimum absolute atomic E-state index is 0.494. The van der Waals surface area contributed by atoms with E-state index in [1.54, 1.807) is 13.3 Å². The Labute approximate surface area is 101 Å². The van der Waals surface area contributed by atoms with E-state index < -0.39 is 0 Å². The van der Waals surface area contributed by atoms with Crippen LogP contribution in [0.5, 0.6) is 5.75 Å². The third kappa shape index (κ3) is 2.47. The molecule has 0 aliphatic rings. The first-order chi connectivity index (χ1) is 8.24. The molecule has 0 aliphatic heterocycles. The highest BCUT2D eigenvalue weighted by Gasteiger charge is 2.07. The van der Waals surface area contributed by atoms with E-state index >= 15 is 0 Å². The van der Waals surface area contributed by atoms with E-state index in [2.05, 4.69) is 18.1 Å². The van der Waals surface area contributed by atoms with Crippen molar-refractivity contribution in [3.8, 4) is 5.75 Å². The van der Waals surface area contributed by atoms with Gasteiger partial charge in [-0.3, -0.25) is 4.68 Å². The van der Waals surface area contributed by atoms with Gasteiger partial charge in [0.25, 0.3) is 0 Å². The lowest BCUT2D eigenvalue weighted by molar-refractivity contribution is 0.407. The molecule has 0 saturated carbocycles. The third-order valence-corrected chi connectivity index (χ3v) is 2.77. The molecule has 2 N–H and O–H groups in total. The van der Waals surface area contributed by atoms with Gasteiger partial charge in [-0.05, 0) is 19.1 Å². The fourth-order valence-electron chi connectivity index (χ4n) is 1.87. The number of hydrogen-bond acceptors (Lipinski definition) is 3. The largest absolute Gasteiger partial charge is 0.496 e. The van der Waals surface area contributed by atoms with Crippen molar-refractivity contribution in [3.63, 3.8) is 0 Å². The van der Waals surface area contributed by atoms with Crippen molar-refractivity contribution in [3.05, 3.63) is 47.3 Å². The molecule has 0 aliphatic carbocycles. The Hall–Kier alpha value is -1.81. The smallest absolute Gasteiger partial charge is 0.123 e. The molecular weight excluding hydrogens is 214 g/mol. The van der Waals surface area contributed by atoms with Crippen LogP contribution in [0, 0.1) is 6.92 Å². The van der Waals surface area contributed by atoms with Crippen LogP contribution in [-0.2, 0) is 13.1 Å². The second kappa shape index (κ2) is 5.01. The van der Waals surface area contributed by atoms with Crippen molar-refractivity contribution in [2.75, 3.05) is 7.11 Å².